The molecule has 0 radical (unpaired) electrons. The van der Waals surface area contributed by atoms with Crippen LogP contribution in [0.25, 0.3) is 0 Å². The molecule has 2 heterocycles. The second-order valence-corrected chi connectivity index (χ2v) is 5.46. The highest BCUT2D eigenvalue weighted by molar-refractivity contribution is 7.09. The summed E-state index contributed by atoms with van der Waals surface area (Å²) in [4.78, 5) is 16.1. The zero-order chi connectivity index (χ0) is 14.0. The molecule has 5 nitrogen and oxygen atoms in total. The number of thiazole rings is 1. The molecule has 0 bridgehead atoms. The van der Waals surface area contributed by atoms with Crippen molar-refractivity contribution in [2.24, 2.45) is 0 Å². The summed E-state index contributed by atoms with van der Waals surface area (Å²) in [6.07, 6.45) is 0. The smallest absolute Gasteiger partial charge is 0.271 e. The Bertz CT molecular complexity index is 600. The Morgan fingerprint density at radius 3 is 2.68 bits per heavy atom. The molecule has 1 amide bonds. The van der Waals surface area contributed by atoms with Crippen molar-refractivity contribution < 1.29 is 4.79 Å². The molecule has 2 aromatic heterocycles. The third-order valence-electron chi connectivity index (χ3n) is 3.11. The van der Waals surface area contributed by atoms with Gasteiger partial charge in [0.15, 0.2) is 0 Å². The first-order chi connectivity index (χ1) is 9.02. The largest absolute Gasteiger partial charge is 0.346 e. The van der Waals surface area contributed by atoms with E-state index in [1.54, 1.807) is 5.38 Å². The summed E-state index contributed by atoms with van der Waals surface area (Å²) in [5.74, 6) is -0.132. The molecule has 0 saturated heterocycles. The number of carbonyl (C=O) groups excluding carboxylic acids is 1. The van der Waals surface area contributed by atoms with Crippen LogP contribution in [0.1, 0.15) is 39.4 Å². The van der Waals surface area contributed by atoms with Gasteiger partial charge in [-0.25, -0.2) is 4.98 Å². The number of nitrogens with one attached hydrogen (secondary N) is 1. The molecule has 0 spiro atoms. The van der Waals surface area contributed by atoms with Gasteiger partial charge >= 0.3 is 0 Å². The van der Waals surface area contributed by atoms with Crippen molar-refractivity contribution in [2.45, 2.75) is 40.8 Å². The van der Waals surface area contributed by atoms with Crippen molar-refractivity contribution in [2.75, 3.05) is 0 Å². The lowest BCUT2D eigenvalue weighted by Gasteiger charge is -2.04. The van der Waals surface area contributed by atoms with Crippen molar-refractivity contribution in [3.05, 3.63) is 33.0 Å². The summed E-state index contributed by atoms with van der Waals surface area (Å²) in [5.41, 5.74) is 3.65. The summed E-state index contributed by atoms with van der Waals surface area (Å²) >= 11 is 1.48. The van der Waals surface area contributed by atoms with Crippen molar-refractivity contribution >= 4 is 17.2 Å². The Labute approximate surface area is 116 Å². The molecule has 2 rings (SSSR count). The zero-order valence-corrected chi connectivity index (χ0v) is 12.5. The van der Waals surface area contributed by atoms with Crippen LogP contribution in [0.5, 0.6) is 0 Å². The van der Waals surface area contributed by atoms with Crippen molar-refractivity contribution in [3.8, 4) is 0 Å². The van der Waals surface area contributed by atoms with Crippen molar-refractivity contribution in [3.63, 3.8) is 0 Å². The summed E-state index contributed by atoms with van der Waals surface area (Å²) in [7, 11) is 0. The number of rotatable bonds is 4. The monoisotopic (exact) mass is 278 g/mol. The van der Waals surface area contributed by atoms with Crippen LogP contribution in [0, 0.1) is 20.8 Å². The lowest BCUT2D eigenvalue weighted by Crippen LogP contribution is -2.23. The van der Waals surface area contributed by atoms with Crippen LogP contribution in [-0.2, 0) is 13.1 Å². The SMILES string of the molecule is CCn1nc(C)c(CNC(=O)c2csc(C)n2)c1C. The molecular weight excluding hydrogens is 260 g/mol. The standard InChI is InChI=1S/C13H18N4OS/c1-5-17-9(3)11(8(2)16-17)6-14-13(18)12-7-19-10(4)15-12/h7H,5-6H2,1-4H3,(H,14,18). The van der Waals surface area contributed by atoms with Crippen LogP contribution in [0.15, 0.2) is 5.38 Å². The number of hydrogen-bond donors (Lipinski definition) is 1. The van der Waals surface area contributed by atoms with Gasteiger partial charge in [-0.2, -0.15) is 5.10 Å². The number of aromatic nitrogens is 3. The Morgan fingerprint density at radius 2 is 2.16 bits per heavy atom. The third kappa shape index (κ3) is 2.84. The average Bonchev–Trinajstić information content (AvgIpc) is 2.92. The van der Waals surface area contributed by atoms with Gasteiger partial charge in [0.1, 0.15) is 5.69 Å². The fourth-order valence-corrected chi connectivity index (χ4v) is 2.62. The molecule has 6 heteroatoms. The van der Waals surface area contributed by atoms with E-state index in [0.29, 0.717) is 12.2 Å². The molecule has 2 aromatic rings. The molecule has 102 valence electrons. The minimum absolute atomic E-state index is 0.132. The summed E-state index contributed by atoms with van der Waals surface area (Å²) in [5, 5.41) is 10.0. The summed E-state index contributed by atoms with van der Waals surface area (Å²) in [6.45, 7) is 9.27. The summed E-state index contributed by atoms with van der Waals surface area (Å²) < 4.78 is 1.95. The van der Waals surface area contributed by atoms with Crippen LogP contribution in [-0.4, -0.2) is 20.7 Å². The lowest BCUT2D eigenvalue weighted by molar-refractivity contribution is 0.0946. The third-order valence-corrected chi connectivity index (χ3v) is 3.88. The highest BCUT2D eigenvalue weighted by Crippen LogP contribution is 2.13. The molecule has 19 heavy (non-hydrogen) atoms. The summed E-state index contributed by atoms with van der Waals surface area (Å²) in [6, 6.07) is 0. The average molecular weight is 278 g/mol. The number of amides is 1. The van der Waals surface area contributed by atoms with Crippen LogP contribution in [0.4, 0.5) is 0 Å². The second-order valence-electron chi connectivity index (χ2n) is 4.40. The van der Waals surface area contributed by atoms with E-state index in [1.807, 2.05) is 25.5 Å². The minimum Gasteiger partial charge on any atom is -0.346 e. The van der Waals surface area contributed by atoms with Gasteiger partial charge in [-0.15, -0.1) is 11.3 Å². The fraction of sp³-hybridized carbons (Fsp3) is 0.462. The molecule has 0 aliphatic heterocycles. The van der Waals surface area contributed by atoms with E-state index in [-0.39, 0.29) is 5.91 Å². The molecule has 0 unspecified atom stereocenters. The van der Waals surface area contributed by atoms with E-state index < -0.39 is 0 Å². The first-order valence-corrected chi connectivity index (χ1v) is 7.14. The van der Waals surface area contributed by atoms with Gasteiger partial charge in [0.05, 0.1) is 10.7 Å². The predicted molar refractivity (Wildman–Crippen MR) is 75.4 cm³/mol. The van der Waals surface area contributed by atoms with Gasteiger partial charge < -0.3 is 5.32 Å². The molecule has 0 aliphatic carbocycles. The number of hydrogen-bond acceptors (Lipinski definition) is 4. The van der Waals surface area contributed by atoms with Gasteiger partial charge in [-0.05, 0) is 27.7 Å². The number of nitrogens with zero attached hydrogens (tertiary/aromatic N) is 3. The molecule has 0 saturated carbocycles. The normalized spacial score (nSPS) is 10.7. The molecular formula is C13H18N4OS. The van der Waals surface area contributed by atoms with Crippen LogP contribution in [0.3, 0.4) is 0 Å². The topological polar surface area (TPSA) is 59.8 Å². The van der Waals surface area contributed by atoms with Gasteiger partial charge in [0.25, 0.3) is 5.91 Å². The van der Waals surface area contributed by atoms with Crippen molar-refractivity contribution in [1.82, 2.24) is 20.1 Å². The van der Waals surface area contributed by atoms with Crippen LogP contribution in [0.2, 0.25) is 0 Å². The maximum absolute atomic E-state index is 11.9. The Morgan fingerprint density at radius 1 is 1.42 bits per heavy atom. The minimum atomic E-state index is -0.132. The van der Waals surface area contributed by atoms with Crippen molar-refractivity contribution in [1.29, 1.82) is 0 Å². The number of aryl methyl sites for hydroxylation is 3. The zero-order valence-electron chi connectivity index (χ0n) is 11.6. The highest BCUT2D eigenvalue weighted by atomic mass is 32.1. The van der Waals surface area contributed by atoms with E-state index in [4.69, 9.17) is 0 Å². The van der Waals surface area contributed by atoms with E-state index in [0.717, 1.165) is 28.5 Å². The van der Waals surface area contributed by atoms with E-state index in [9.17, 15) is 4.79 Å². The number of carbonyl (C=O) groups is 1. The predicted octanol–water partition coefficient (Wildman–Crippen LogP) is 2.21. The maximum Gasteiger partial charge on any atom is 0.271 e. The van der Waals surface area contributed by atoms with Crippen LogP contribution < -0.4 is 5.32 Å². The van der Waals surface area contributed by atoms with Gasteiger partial charge in [0.2, 0.25) is 0 Å². The first-order valence-electron chi connectivity index (χ1n) is 6.26. The highest BCUT2D eigenvalue weighted by Gasteiger charge is 2.13. The fourth-order valence-electron chi connectivity index (χ4n) is 2.02. The van der Waals surface area contributed by atoms with Gasteiger partial charge in [-0.3, -0.25) is 9.48 Å². The Kier molecular flexibility index (Phi) is 3.99. The lowest BCUT2D eigenvalue weighted by atomic mass is 10.2. The van der Waals surface area contributed by atoms with E-state index in [1.165, 1.54) is 11.3 Å². The van der Waals surface area contributed by atoms with Gasteiger partial charge in [0, 0.05) is 29.7 Å². The molecule has 0 aliphatic rings. The van der Waals surface area contributed by atoms with Gasteiger partial charge in [-0.1, -0.05) is 0 Å². The first kappa shape index (κ1) is 13.7. The molecule has 0 aromatic carbocycles. The molecule has 0 fully saturated rings. The maximum atomic E-state index is 11.9. The second kappa shape index (κ2) is 5.52. The quantitative estimate of drug-likeness (QED) is 0.933. The van der Waals surface area contributed by atoms with E-state index >= 15 is 0 Å². The van der Waals surface area contributed by atoms with Crippen LogP contribution >= 0.6 is 11.3 Å². The Balaban J connectivity index is 2.07. The molecule has 0 atom stereocenters. The Hall–Kier alpha value is -1.69. The van der Waals surface area contributed by atoms with E-state index in [2.05, 4.69) is 22.3 Å². The molecule has 1 N–H and O–H groups in total.